The SMILES string of the molecule is c1ccc(-c2ccc(-c3nc(-c4cccc(-c5ccccc5)c4)nc(-n4c5ccccc5c5cc6c(cc54)C(c4ccccc4)(c4ccccc4)c4ccccc4-6)n3)cc2)cc1. The number of benzene rings is 9. The van der Waals surface area contributed by atoms with E-state index >= 15 is 0 Å². The van der Waals surface area contributed by atoms with Crippen molar-refractivity contribution in [1.29, 1.82) is 0 Å². The van der Waals surface area contributed by atoms with Crippen LogP contribution >= 0.6 is 0 Å². The minimum atomic E-state index is -0.558. The van der Waals surface area contributed by atoms with Crippen molar-refractivity contribution >= 4 is 21.8 Å². The third kappa shape index (κ3) is 5.65. The molecule has 2 heterocycles. The molecule has 62 heavy (non-hydrogen) atoms. The molecule has 9 aromatic carbocycles. The maximum Gasteiger partial charge on any atom is 0.238 e. The second kappa shape index (κ2) is 14.5. The molecule has 0 unspecified atom stereocenters. The van der Waals surface area contributed by atoms with Crippen LogP contribution in [-0.4, -0.2) is 19.5 Å². The van der Waals surface area contributed by atoms with Crippen molar-refractivity contribution in [1.82, 2.24) is 19.5 Å². The first-order chi connectivity index (χ1) is 30.7. The first-order valence-electron chi connectivity index (χ1n) is 21.1. The number of nitrogens with zero attached hydrogens (tertiary/aromatic N) is 4. The van der Waals surface area contributed by atoms with Crippen molar-refractivity contribution in [3.8, 4) is 62.1 Å². The highest BCUT2D eigenvalue weighted by molar-refractivity contribution is 6.12. The van der Waals surface area contributed by atoms with E-state index in [0.717, 1.165) is 55.2 Å². The molecular formula is C58H38N4. The number of hydrogen-bond donors (Lipinski definition) is 0. The molecule has 12 rings (SSSR count). The molecule has 0 N–H and O–H groups in total. The zero-order valence-corrected chi connectivity index (χ0v) is 33.7. The quantitative estimate of drug-likeness (QED) is 0.161. The molecule has 11 aromatic rings. The molecule has 0 bridgehead atoms. The molecule has 0 saturated carbocycles. The molecule has 1 aliphatic carbocycles. The van der Waals surface area contributed by atoms with E-state index in [4.69, 9.17) is 15.0 Å². The van der Waals surface area contributed by atoms with Crippen LogP contribution in [0.5, 0.6) is 0 Å². The van der Waals surface area contributed by atoms with Gasteiger partial charge in [-0.25, -0.2) is 4.98 Å². The first kappa shape index (κ1) is 35.7. The topological polar surface area (TPSA) is 43.6 Å². The van der Waals surface area contributed by atoms with Crippen molar-refractivity contribution in [2.24, 2.45) is 0 Å². The molecule has 2 aromatic heterocycles. The lowest BCUT2D eigenvalue weighted by molar-refractivity contribution is 0.769. The highest BCUT2D eigenvalue weighted by atomic mass is 15.2. The fraction of sp³-hybridized carbons (Fsp3) is 0.0172. The number of hydrogen-bond acceptors (Lipinski definition) is 3. The Kier molecular flexibility index (Phi) is 8.36. The van der Waals surface area contributed by atoms with Gasteiger partial charge in [-0.1, -0.05) is 206 Å². The van der Waals surface area contributed by atoms with Crippen LogP contribution in [-0.2, 0) is 5.41 Å². The molecule has 0 amide bonds. The van der Waals surface area contributed by atoms with Crippen LogP contribution in [0.15, 0.2) is 231 Å². The van der Waals surface area contributed by atoms with E-state index < -0.39 is 5.41 Å². The van der Waals surface area contributed by atoms with Crippen LogP contribution in [0, 0.1) is 0 Å². The standard InChI is InChI=1S/C58H38N4/c1-5-18-39(19-6-1)41-32-34-42(35-33-41)55-59-56(44-23-17-22-43(36-44)40-20-7-2-8-21-40)61-57(60-55)62-53-31-16-14-29-48(53)50-37-49-47-28-13-15-30-51(47)58(52(49)38-54(50)62,45-24-9-3-10-25-45)46-26-11-4-12-27-46/h1-38H. The van der Waals surface area contributed by atoms with Gasteiger partial charge in [-0.05, 0) is 79.9 Å². The van der Waals surface area contributed by atoms with E-state index in [-0.39, 0.29) is 0 Å². The summed E-state index contributed by atoms with van der Waals surface area (Å²) in [5.41, 5.74) is 15.3. The van der Waals surface area contributed by atoms with Gasteiger partial charge in [0, 0.05) is 21.9 Å². The highest BCUT2D eigenvalue weighted by Crippen LogP contribution is 2.57. The number of fused-ring (bicyclic) bond motifs is 6. The summed E-state index contributed by atoms with van der Waals surface area (Å²) in [7, 11) is 0. The van der Waals surface area contributed by atoms with Gasteiger partial charge in [-0.15, -0.1) is 0 Å². The second-order valence-corrected chi connectivity index (χ2v) is 16.0. The molecule has 4 heteroatoms. The molecule has 0 atom stereocenters. The largest absolute Gasteiger partial charge is 0.278 e. The summed E-state index contributed by atoms with van der Waals surface area (Å²) in [6.45, 7) is 0. The van der Waals surface area contributed by atoms with E-state index in [0.29, 0.717) is 17.6 Å². The van der Waals surface area contributed by atoms with Gasteiger partial charge in [0.2, 0.25) is 5.95 Å². The molecule has 0 fully saturated rings. The van der Waals surface area contributed by atoms with E-state index in [1.54, 1.807) is 0 Å². The fourth-order valence-corrected chi connectivity index (χ4v) is 9.75. The Hall–Kier alpha value is -8.21. The normalized spacial score (nSPS) is 12.6. The minimum Gasteiger partial charge on any atom is -0.278 e. The number of para-hydroxylation sites is 1. The first-order valence-corrected chi connectivity index (χ1v) is 21.1. The summed E-state index contributed by atoms with van der Waals surface area (Å²) < 4.78 is 2.25. The Morgan fingerprint density at radius 2 is 0.823 bits per heavy atom. The van der Waals surface area contributed by atoms with Gasteiger partial charge in [0.05, 0.1) is 16.4 Å². The molecule has 1 aliphatic rings. The van der Waals surface area contributed by atoms with Gasteiger partial charge in [0.1, 0.15) is 0 Å². The van der Waals surface area contributed by atoms with Crippen molar-refractivity contribution in [3.05, 3.63) is 253 Å². The lowest BCUT2D eigenvalue weighted by Crippen LogP contribution is -2.28. The summed E-state index contributed by atoms with van der Waals surface area (Å²) in [4.78, 5) is 16.0. The van der Waals surface area contributed by atoms with Crippen LogP contribution in [0.2, 0.25) is 0 Å². The Morgan fingerprint density at radius 3 is 1.52 bits per heavy atom. The van der Waals surface area contributed by atoms with Crippen molar-refractivity contribution < 1.29 is 0 Å². The summed E-state index contributed by atoms with van der Waals surface area (Å²) in [5, 5.41) is 2.29. The van der Waals surface area contributed by atoms with Crippen LogP contribution in [0.3, 0.4) is 0 Å². The summed E-state index contributed by atoms with van der Waals surface area (Å²) in [6, 6.07) is 82.3. The van der Waals surface area contributed by atoms with Crippen LogP contribution in [0.1, 0.15) is 22.3 Å². The predicted molar refractivity (Wildman–Crippen MR) is 253 cm³/mol. The third-order valence-corrected chi connectivity index (χ3v) is 12.6. The van der Waals surface area contributed by atoms with Crippen LogP contribution in [0.25, 0.3) is 83.9 Å². The Balaban J connectivity index is 1.14. The minimum absolute atomic E-state index is 0.558. The Bertz CT molecular complexity index is 3390. The van der Waals surface area contributed by atoms with Crippen molar-refractivity contribution in [3.63, 3.8) is 0 Å². The van der Waals surface area contributed by atoms with E-state index in [1.165, 1.54) is 33.4 Å². The molecule has 0 aliphatic heterocycles. The third-order valence-electron chi connectivity index (χ3n) is 12.6. The summed E-state index contributed by atoms with van der Waals surface area (Å²) in [6.07, 6.45) is 0. The van der Waals surface area contributed by atoms with E-state index in [2.05, 4.69) is 223 Å². The zero-order valence-electron chi connectivity index (χ0n) is 33.7. The molecule has 0 spiro atoms. The molecule has 0 saturated heterocycles. The molecule has 4 nitrogen and oxygen atoms in total. The monoisotopic (exact) mass is 790 g/mol. The van der Waals surface area contributed by atoms with Crippen LogP contribution in [0.4, 0.5) is 0 Å². The number of aromatic nitrogens is 4. The van der Waals surface area contributed by atoms with Crippen molar-refractivity contribution in [2.45, 2.75) is 5.41 Å². The maximum atomic E-state index is 5.40. The Morgan fingerprint density at radius 1 is 0.306 bits per heavy atom. The average molecular weight is 791 g/mol. The smallest absolute Gasteiger partial charge is 0.238 e. The van der Waals surface area contributed by atoms with Gasteiger partial charge >= 0.3 is 0 Å². The van der Waals surface area contributed by atoms with Gasteiger partial charge in [-0.2, -0.15) is 9.97 Å². The van der Waals surface area contributed by atoms with Gasteiger partial charge in [-0.3, -0.25) is 4.57 Å². The fourth-order valence-electron chi connectivity index (χ4n) is 9.75. The van der Waals surface area contributed by atoms with Crippen LogP contribution < -0.4 is 0 Å². The van der Waals surface area contributed by atoms with E-state index in [1.807, 2.05) is 12.1 Å². The lowest BCUT2D eigenvalue weighted by atomic mass is 9.67. The predicted octanol–water partition coefficient (Wildman–Crippen LogP) is 14.0. The lowest BCUT2D eigenvalue weighted by Gasteiger charge is -2.34. The van der Waals surface area contributed by atoms with Gasteiger partial charge in [0.15, 0.2) is 11.6 Å². The highest BCUT2D eigenvalue weighted by Gasteiger charge is 2.46. The Labute approximate surface area is 360 Å². The molecule has 290 valence electrons. The van der Waals surface area contributed by atoms with Gasteiger partial charge < -0.3 is 0 Å². The average Bonchev–Trinajstić information content (AvgIpc) is 3.84. The van der Waals surface area contributed by atoms with E-state index in [9.17, 15) is 0 Å². The molecular weight excluding hydrogens is 753 g/mol. The van der Waals surface area contributed by atoms with Crippen molar-refractivity contribution in [2.75, 3.05) is 0 Å². The van der Waals surface area contributed by atoms with Gasteiger partial charge in [0.25, 0.3) is 0 Å². The zero-order chi connectivity index (χ0) is 41.0. The maximum absolute atomic E-state index is 5.40. The second-order valence-electron chi connectivity index (χ2n) is 16.0. The number of rotatable bonds is 7. The summed E-state index contributed by atoms with van der Waals surface area (Å²) >= 11 is 0. The molecule has 0 radical (unpaired) electrons. The summed E-state index contributed by atoms with van der Waals surface area (Å²) in [5.74, 6) is 1.78.